The lowest BCUT2D eigenvalue weighted by Gasteiger charge is -2.15. The van der Waals surface area contributed by atoms with E-state index >= 15 is 0 Å². The van der Waals surface area contributed by atoms with E-state index in [9.17, 15) is 22.4 Å². The maximum atomic E-state index is 12.8. The Morgan fingerprint density at radius 2 is 2.11 bits per heavy atom. The van der Waals surface area contributed by atoms with Gasteiger partial charge in [-0.05, 0) is 43.2 Å². The minimum absolute atomic E-state index is 0.0762. The Balaban J connectivity index is 1.51. The number of rotatable bonds is 8. The van der Waals surface area contributed by atoms with E-state index in [1.54, 1.807) is 35.6 Å². The van der Waals surface area contributed by atoms with Crippen molar-refractivity contribution in [2.24, 2.45) is 5.92 Å². The number of hydrogen-bond acceptors (Lipinski definition) is 3. The highest BCUT2D eigenvalue weighted by molar-refractivity contribution is 7.12. The smallest absolute Gasteiger partial charge is 0.330 e. The molecule has 2 unspecified atom stereocenters. The van der Waals surface area contributed by atoms with E-state index in [0.717, 1.165) is 6.42 Å². The fourth-order valence-corrected chi connectivity index (χ4v) is 3.85. The van der Waals surface area contributed by atoms with Gasteiger partial charge in [0.1, 0.15) is 6.61 Å². The lowest BCUT2D eigenvalue weighted by atomic mass is 10.2. The van der Waals surface area contributed by atoms with Crippen molar-refractivity contribution in [3.63, 3.8) is 0 Å². The Labute approximate surface area is 158 Å². The molecule has 1 aliphatic carbocycles. The van der Waals surface area contributed by atoms with Gasteiger partial charge >= 0.3 is 12.3 Å². The Hall–Kier alpha value is -1.93. The summed E-state index contributed by atoms with van der Waals surface area (Å²) < 4.78 is 54.6. The predicted molar refractivity (Wildman–Crippen MR) is 95.6 cm³/mol. The molecule has 0 radical (unpaired) electrons. The molecule has 1 fully saturated rings. The minimum Gasteiger partial charge on any atom is -0.370 e. The molecule has 1 N–H and O–H groups in total. The van der Waals surface area contributed by atoms with Crippen LogP contribution in [0.1, 0.15) is 27.7 Å². The molecular formula is C19H19F4NO2S. The predicted octanol–water partition coefficient (Wildman–Crippen LogP) is 5.22. The van der Waals surface area contributed by atoms with Gasteiger partial charge in [0.15, 0.2) is 0 Å². The molecule has 2 atom stereocenters. The van der Waals surface area contributed by atoms with Crippen molar-refractivity contribution in [2.45, 2.75) is 38.2 Å². The van der Waals surface area contributed by atoms with Crippen LogP contribution in [0.2, 0.25) is 0 Å². The molecule has 0 aliphatic heterocycles. The normalized spacial score (nSPS) is 19.3. The van der Waals surface area contributed by atoms with Crippen LogP contribution in [0.4, 0.5) is 23.2 Å². The van der Waals surface area contributed by atoms with Crippen LogP contribution in [0.25, 0.3) is 0 Å². The number of ether oxygens (including phenoxy) is 1. The Kier molecular flexibility index (Phi) is 5.86. The van der Waals surface area contributed by atoms with Crippen molar-refractivity contribution in [1.82, 2.24) is 0 Å². The second kappa shape index (κ2) is 7.98. The number of hydrogen-bond donors (Lipinski definition) is 1. The SMILES string of the molecule is Cc1ccc(C2CC2C(=O)Nc2cccc(COCC(F)(F)C(F)F)c2)s1. The fourth-order valence-electron chi connectivity index (χ4n) is 2.79. The standard InChI is InChI=1S/C19H19F4NO2S/c1-11-5-6-16(27-11)14-8-15(14)17(25)24-13-4-2-3-12(7-13)9-26-10-19(22,23)18(20)21/h2-7,14-15,18H,8-10H2,1H3,(H,24,25). The largest absolute Gasteiger partial charge is 0.370 e. The molecule has 1 aliphatic rings. The van der Waals surface area contributed by atoms with Gasteiger partial charge in [-0.3, -0.25) is 4.79 Å². The Bertz CT molecular complexity index is 809. The Morgan fingerprint density at radius 3 is 2.78 bits per heavy atom. The van der Waals surface area contributed by atoms with Crippen LogP contribution in [-0.2, 0) is 16.1 Å². The molecule has 1 heterocycles. The number of thiophene rings is 1. The van der Waals surface area contributed by atoms with Gasteiger partial charge in [0, 0.05) is 27.3 Å². The first-order valence-corrected chi connectivity index (χ1v) is 9.28. The van der Waals surface area contributed by atoms with Crippen molar-refractivity contribution < 1.29 is 27.1 Å². The van der Waals surface area contributed by atoms with Gasteiger partial charge in [0.25, 0.3) is 0 Å². The van der Waals surface area contributed by atoms with Gasteiger partial charge in [-0.15, -0.1) is 11.3 Å². The van der Waals surface area contributed by atoms with Gasteiger partial charge in [-0.2, -0.15) is 8.78 Å². The second-order valence-corrected chi connectivity index (χ2v) is 7.96. The van der Waals surface area contributed by atoms with Crippen molar-refractivity contribution in [1.29, 1.82) is 0 Å². The van der Waals surface area contributed by atoms with Crippen LogP contribution in [0.3, 0.4) is 0 Å². The number of carbonyl (C=O) groups excluding carboxylic acids is 1. The molecule has 1 aromatic carbocycles. The highest BCUT2D eigenvalue weighted by Gasteiger charge is 2.44. The van der Waals surface area contributed by atoms with Gasteiger partial charge in [-0.1, -0.05) is 12.1 Å². The highest BCUT2D eigenvalue weighted by Crippen LogP contribution is 2.50. The topological polar surface area (TPSA) is 38.3 Å². The van der Waals surface area contributed by atoms with Crippen molar-refractivity contribution in [3.8, 4) is 0 Å². The van der Waals surface area contributed by atoms with Crippen molar-refractivity contribution in [3.05, 3.63) is 51.7 Å². The van der Waals surface area contributed by atoms with E-state index in [1.165, 1.54) is 9.75 Å². The maximum Gasteiger partial charge on any atom is 0.330 e. The van der Waals surface area contributed by atoms with E-state index in [2.05, 4.69) is 5.32 Å². The second-order valence-electron chi connectivity index (χ2n) is 6.64. The number of halogens is 4. The maximum absolute atomic E-state index is 12.8. The van der Waals surface area contributed by atoms with Crippen LogP contribution in [-0.4, -0.2) is 24.9 Å². The zero-order valence-corrected chi connectivity index (χ0v) is 15.4. The molecule has 3 rings (SSSR count). The molecule has 1 amide bonds. The lowest BCUT2D eigenvalue weighted by Crippen LogP contribution is -2.32. The summed E-state index contributed by atoms with van der Waals surface area (Å²) in [5, 5.41) is 2.82. The summed E-state index contributed by atoms with van der Waals surface area (Å²) in [5.41, 5.74) is 1.04. The number of amides is 1. The van der Waals surface area contributed by atoms with Gasteiger partial charge in [0.05, 0.1) is 6.61 Å². The molecule has 146 valence electrons. The van der Waals surface area contributed by atoms with Crippen LogP contribution in [0.15, 0.2) is 36.4 Å². The summed E-state index contributed by atoms with van der Waals surface area (Å²) >= 11 is 1.69. The Morgan fingerprint density at radius 1 is 1.33 bits per heavy atom. The first kappa shape index (κ1) is 19.8. The summed E-state index contributed by atoms with van der Waals surface area (Å²) in [6, 6.07) is 10.6. The van der Waals surface area contributed by atoms with E-state index in [0.29, 0.717) is 11.3 Å². The molecule has 0 saturated heterocycles. The average molecular weight is 401 g/mol. The van der Waals surface area contributed by atoms with E-state index in [1.807, 2.05) is 19.1 Å². The molecule has 8 heteroatoms. The summed E-state index contributed by atoms with van der Waals surface area (Å²) in [6.07, 6.45) is -2.96. The molecule has 1 aromatic heterocycles. The van der Waals surface area contributed by atoms with E-state index in [4.69, 9.17) is 4.74 Å². The zero-order chi connectivity index (χ0) is 19.6. The third-order valence-electron chi connectivity index (χ3n) is 4.33. The number of nitrogens with one attached hydrogen (secondary N) is 1. The summed E-state index contributed by atoms with van der Waals surface area (Å²) in [5.74, 6) is -4.10. The molecule has 27 heavy (non-hydrogen) atoms. The molecule has 0 spiro atoms. The number of alkyl halides is 4. The van der Waals surface area contributed by atoms with Gasteiger partial charge in [0.2, 0.25) is 5.91 Å². The minimum atomic E-state index is -4.17. The van der Waals surface area contributed by atoms with Crippen LogP contribution < -0.4 is 5.32 Å². The molecule has 0 bridgehead atoms. The van der Waals surface area contributed by atoms with Crippen molar-refractivity contribution in [2.75, 3.05) is 11.9 Å². The molecular weight excluding hydrogens is 382 g/mol. The first-order chi connectivity index (χ1) is 12.8. The lowest BCUT2D eigenvalue weighted by molar-refractivity contribution is -0.168. The summed E-state index contributed by atoms with van der Waals surface area (Å²) in [4.78, 5) is 14.8. The van der Waals surface area contributed by atoms with Crippen LogP contribution in [0.5, 0.6) is 0 Å². The quantitative estimate of drug-likeness (QED) is 0.616. The summed E-state index contributed by atoms with van der Waals surface area (Å²) in [6.45, 7) is 0.425. The van der Waals surface area contributed by atoms with E-state index < -0.39 is 19.0 Å². The number of anilines is 1. The number of carbonyl (C=O) groups is 1. The highest BCUT2D eigenvalue weighted by atomic mass is 32.1. The first-order valence-electron chi connectivity index (χ1n) is 8.46. The molecule has 1 saturated carbocycles. The molecule has 2 aromatic rings. The van der Waals surface area contributed by atoms with Crippen LogP contribution in [0, 0.1) is 12.8 Å². The third kappa shape index (κ3) is 5.07. The third-order valence-corrected chi connectivity index (χ3v) is 5.46. The number of benzene rings is 1. The average Bonchev–Trinajstić information content (AvgIpc) is 3.29. The van der Waals surface area contributed by atoms with E-state index in [-0.39, 0.29) is 24.3 Å². The summed E-state index contributed by atoms with van der Waals surface area (Å²) in [7, 11) is 0. The monoisotopic (exact) mass is 401 g/mol. The molecule has 3 nitrogen and oxygen atoms in total. The van der Waals surface area contributed by atoms with Crippen molar-refractivity contribution >= 4 is 22.9 Å². The fraction of sp³-hybridized carbons (Fsp3) is 0.421. The zero-order valence-electron chi connectivity index (χ0n) is 14.6. The van der Waals surface area contributed by atoms with Crippen LogP contribution >= 0.6 is 11.3 Å². The van der Waals surface area contributed by atoms with Gasteiger partial charge < -0.3 is 10.1 Å². The number of aryl methyl sites for hydroxylation is 1. The van der Waals surface area contributed by atoms with Gasteiger partial charge in [-0.25, -0.2) is 8.78 Å².